The summed E-state index contributed by atoms with van der Waals surface area (Å²) < 4.78 is 0. The number of phenolic OH excluding ortho intramolecular Hbond substituents is 1. The van der Waals surface area contributed by atoms with Crippen LogP contribution in [0.3, 0.4) is 0 Å². The summed E-state index contributed by atoms with van der Waals surface area (Å²) in [4.78, 5) is 12.0. The molecule has 0 aliphatic carbocycles. The summed E-state index contributed by atoms with van der Waals surface area (Å²) in [6.07, 6.45) is 1.90. The van der Waals surface area contributed by atoms with E-state index in [9.17, 15) is 9.90 Å². The minimum absolute atomic E-state index is 0.00841. The number of benzene rings is 1. The number of aryl methyl sites for hydroxylation is 1. The van der Waals surface area contributed by atoms with E-state index in [0.29, 0.717) is 24.2 Å². The maximum absolute atomic E-state index is 12.0. The topological polar surface area (TPSA) is 75.4 Å². The predicted molar refractivity (Wildman–Crippen MR) is 77.2 cm³/mol. The van der Waals surface area contributed by atoms with Gasteiger partial charge in [-0.25, -0.2) is 0 Å². The molecule has 0 heterocycles. The Hall–Kier alpha value is -1.55. The summed E-state index contributed by atoms with van der Waals surface area (Å²) in [6.45, 7) is 7.20. The Morgan fingerprint density at radius 2 is 2.11 bits per heavy atom. The molecule has 1 amide bonds. The van der Waals surface area contributed by atoms with Gasteiger partial charge in [0.2, 0.25) is 0 Å². The van der Waals surface area contributed by atoms with Crippen molar-refractivity contribution < 1.29 is 9.90 Å². The van der Waals surface area contributed by atoms with E-state index in [2.05, 4.69) is 19.2 Å². The van der Waals surface area contributed by atoms with Crippen molar-refractivity contribution in [3.63, 3.8) is 0 Å². The van der Waals surface area contributed by atoms with Gasteiger partial charge in [0.1, 0.15) is 5.75 Å². The average molecular weight is 264 g/mol. The van der Waals surface area contributed by atoms with Crippen LogP contribution in [0.15, 0.2) is 18.2 Å². The van der Waals surface area contributed by atoms with Crippen LogP contribution >= 0.6 is 0 Å². The molecule has 19 heavy (non-hydrogen) atoms. The van der Waals surface area contributed by atoms with Crippen molar-refractivity contribution >= 4 is 5.91 Å². The molecule has 1 aromatic carbocycles. The van der Waals surface area contributed by atoms with Crippen LogP contribution in [0, 0.1) is 12.3 Å². The van der Waals surface area contributed by atoms with E-state index in [1.807, 2.05) is 0 Å². The third-order valence-electron chi connectivity index (χ3n) is 3.27. The van der Waals surface area contributed by atoms with Crippen LogP contribution < -0.4 is 11.1 Å². The highest BCUT2D eigenvalue weighted by atomic mass is 16.3. The molecule has 1 rings (SSSR count). The fourth-order valence-corrected chi connectivity index (χ4v) is 1.93. The molecule has 4 heteroatoms. The van der Waals surface area contributed by atoms with E-state index < -0.39 is 0 Å². The standard InChI is InChI=1S/C15H24N2O2/c1-11-6-4-7-12(13(11)18)14(19)17-10-15(2,3)8-5-9-16/h4,6-7,18H,5,8-10,16H2,1-3H3,(H,17,19). The second-order valence-corrected chi connectivity index (χ2v) is 5.71. The Labute approximate surface area is 115 Å². The number of carbonyl (C=O) groups is 1. The number of nitrogens with one attached hydrogen (secondary N) is 1. The van der Waals surface area contributed by atoms with E-state index in [1.165, 1.54) is 0 Å². The van der Waals surface area contributed by atoms with Crippen molar-refractivity contribution in [2.75, 3.05) is 13.1 Å². The molecule has 0 aliphatic rings. The van der Waals surface area contributed by atoms with E-state index >= 15 is 0 Å². The van der Waals surface area contributed by atoms with Gasteiger partial charge in [0, 0.05) is 6.54 Å². The van der Waals surface area contributed by atoms with Crippen LogP contribution in [-0.4, -0.2) is 24.1 Å². The second-order valence-electron chi connectivity index (χ2n) is 5.71. The SMILES string of the molecule is Cc1cccc(C(=O)NCC(C)(C)CCCN)c1O. The van der Waals surface area contributed by atoms with Crippen LogP contribution in [-0.2, 0) is 0 Å². The van der Waals surface area contributed by atoms with Crippen LogP contribution in [0.25, 0.3) is 0 Å². The third kappa shape index (κ3) is 4.56. The molecule has 0 aromatic heterocycles. The molecule has 4 nitrogen and oxygen atoms in total. The molecule has 0 fully saturated rings. The van der Waals surface area contributed by atoms with Crippen LogP contribution in [0.5, 0.6) is 5.75 Å². The Morgan fingerprint density at radius 3 is 2.74 bits per heavy atom. The first-order chi connectivity index (χ1) is 8.87. The van der Waals surface area contributed by atoms with Gasteiger partial charge in [-0.05, 0) is 43.4 Å². The summed E-state index contributed by atoms with van der Waals surface area (Å²) in [5.41, 5.74) is 6.54. The fraction of sp³-hybridized carbons (Fsp3) is 0.533. The highest BCUT2D eigenvalue weighted by Gasteiger charge is 2.20. The van der Waals surface area contributed by atoms with Crippen LogP contribution in [0.2, 0.25) is 0 Å². The van der Waals surface area contributed by atoms with Gasteiger partial charge in [-0.2, -0.15) is 0 Å². The Morgan fingerprint density at radius 1 is 1.42 bits per heavy atom. The van der Waals surface area contributed by atoms with Crippen molar-refractivity contribution in [1.29, 1.82) is 0 Å². The van der Waals surface area contributed by atoms with Crippen molar-refractivity contribution in [3.8, 4) is 5.75 Å². The summed E-state index contributed by atoms with van der Waals surface area (Å²) in [5.74, 6) is -0.179. The monoisotopic (exact) mass is 264 g/mol. The Kier molecular flexibility index (Phi) is 5.36. The van der Waals surface area contributed by atoms with Crippen molar-refractivity contribution in [1.82, 2.24) is 5.32 Å². The number of hydrogen-bond acceptors (Lipinski definition) is 3. The number of para-hydroxylation sites is 1. The summed E-state index contributed by atoms with van der Waals surface area (Å²) in [6, 6.07) is 5.17. The molecule has 0 unspecified atom stereocenters. The van der Waals surface area contributed by atoms with Crippen LogP contribution in [0.1, 0.15) is 42.6 Å². The number of hydrogen-bond donors (Lipinski definition) is 3. The Balaban J connectivity index is 2.63. The molecule has 0 spiro atoms. The minimum atomic E-state index is -0.234. The molecule has 106 valence electrons. The average Bonchev–Trinajstić information content (AvgIpc) is 2.37. The minimum Gasteiger partial charge on any atom is -0.507 e. The lowest BCUT2D eigenvalue weighted by Gasteiger charge is -2.24. The summed E-state index contributed by atoms with van der Waals surface area (Å²) in [5, 5.41) is 12.7. The van der Waals surface area contributed by atoms with Crippen LogP contribution in [0.4, 0.5) is 0 Å². The molecule has 0 saturated carbocycles. The van der Waals surface area contributed by atoms with Gasteiger partial charge in [-0.1, -0.05) is 26.0 Å². The number of phenols is 1. The lowest BCUT2D eigenvalue weighted by Crippen LogP contribution is -2.34. The van der Waals surface area contributed by atoms with Gasteiger partial charge in [0.15, 0.2) is 0 Å². The molecular weight excluding hydrogens is 240 g/mol. The van der Waals surface area contributed by atoms with E-state index in [1.54, 1.807) is 25.1 Å². The van der Waals surface area contributed by atoms with E-state index in [0.717, 1.165) is 12.8 Å². The molecule has 0 radical (unpaired) electrons. The maximum atomic E-state index is 12.0. The van der Waals surface area contributed by atoms with Crippen molar-refractivity contribution in [2.24, 2.45) is 11.1 Å². The first kappa shape index (κ1) is 15.5. The van der Waals surface area contributed by atoms with Crippen molar-refractivity contribution in [3.05, 3.63) is 29.3 Å². The van der Waals surface area contributed by atoms with Gasteiger partial charge in [0.25, 0.3) is 5.91 Å². The summed E-state index contributed by atoms with van der Waals surface area (Å²) >= 11 is 0. The smallest absolute Gasteiger partial charge is 0.255 e. The third-order valence-corrected chi connectivity index (χ3v) is 3.27. The lowest BCUT2D eigenvalue weighted by molar-refractivity contribution is 0.0931. The fourth-order valence-electron chi connectivity index (χ4n) is 1.93. The first-order valence-electron chi connectivity index (χ1n) is 6.64. The molecule has 4 N–H and O–H groups in total. The predicted octanol–water partition coefficient (Wildman–Crippen LogP) is 2.20. The maximum Gasteiger partial charge on any atom is 0.255 e. The number of nitrogens with two attached hydrogens (primary N) is 1. The first-order valence-corrected chi connectivity index (χ1v) is 6.64. The molecule has 0 atom stereocenters. The van der Waals surface area contributed by atoms with Gasteiger partial charge in [-0.3, -0.25) is 4.79 Å². The van der Waals surface area contributed by atoms with E-state index in [4.69, 9.17) is 5.73 Å². The number of rotatable bonds is 6. The molecular formula is C15H24N2O2. The summed E-state index contributed by atoms with van der Waals surface area (Å²) in [7, 11) is 0. The van der Waals surface area contributed by atoms with Gasteiger partial charge in [-0.15, -0.1) is 0 Å². The zero-order chi connectivity index (χ0) is 14.5. The second kappa shape index (κ2) is 6.57. The zero-order valence-electron chi connectivity index (χ0n) is 12.0. The number of aromatic hydroxyl groups is 1. The normalized spacial score (nSPS) is 11.4. The number of carbonyl (C=O) groups excluding carboxylic acids is 1. The largest absolute Gasteiger partial charge is 0.507 e. The molecule has 0 saturated heterocycles. The highest BCUT2D eigenvalue weighted by molar-refractivity contribution is 5.97. The Bertz CT molecular complexity index is 442. The van der Waals surface area contributed by atoms with Gasteiger partial charge >= 0.3 is 0 Å². The lowest BCUT2D eigenvalue weighted by atomic mass is 9.87. The number of amides is 1. The van der Waals surface area contributed by atoms with Crippen molar-refractivity contribution in [2.45, 2.75) is 33.6 Å². The van der Waals surface area contributed by atoms with E-state index in [-0.39, 0.29) is 17.1 Å². The highest BCUT2D eigenvalue weighted by Crippen LogP contribution is 2.23. The van der Waals surface area contributed by atoms with Gasteiger partial charge < -0.3 is 16.2 Å². The zero-order valence-corrected chi connectivity index (χ0v) is 12.0. The quantitative estimate of drug-likeness (QED) is 0.737. The molecule has 0 bridgehead atoms. The van der Waals surface area contributed by atoms with Gasteiger partial charge in [0.05, 0.1) is 5.56 Å². The molecule has 0 aliphatic heterocycles. The molecule has 1 aromatic rings.